The SMILES string of the molecule is C=C(C)C(=O)OCCSP(O)(O)=S. The van der Waals surface area contributed by atoms with Gasteiger partial charge in [-0.2, -0.15) is 0 Å². The van der Waals surface area contributed by atoms with E-state index in [1.165, 1.54) is 6.92 Å². The molecule has 0 unspecified atom stereocenters. The van der Waals surface area contributed by atoms with E-state index in [-0.39, 0.29) is 12.4 Å². The van der Waals surface area contributed by atoms with Crippen LogP contribution in [0.2, 0.25) is 0 Å². The molecule has 0 fully saturated rings. The summed E-state index contributed by atoms with van der Waals surface area (Å²) in [5, 5.41) is 0. The average molecular weight is 242 g/mol. The van der Waals surface area contributed by atoms with Crippen LogP contribution in [0.1, 0.15) is 6.92 Å². The van der Waals surface area contributed by atoms with E-state index < -0.39 is 11.7 Å². The quantitative estimate of drug-likeness (QED) is 0.325. The van der Waals surface area contributed by atoms with Crippen molar-refractivity contribution in [1.29, 1.82) is 0 Å². The zero-order chi connectivity index (χ0) is 10.5. The summed E-state index contributed by atoms with van der Waals surface area (Å²) >= 11 is 5.16. The number of hydrogen-bond donors (Lipinski definition) is 2. The van der Waals surface area contributed by atoms with Gasteiger partial charge >= 0.3 is 5.97 Å². The first-order valence-corrected chi connectivity index (χ1v) is 7.65. The van der Waals surface area contributed by atoms with Gasteiger partial charge in [-0.05, 0) is 18.7 Å². The van der Waals surface area contributed by atoms with E-state index in [1.54, 1.807) is 0 Å². The van der Waals surface area contributed by atoms with Crippen molar-refractivity contribution in [2.24, 2.45) is 0 Å². The first-order valence-electron chi connectivity index (χ1n) is 3.35. The number of carbonyl (C=O) groups is 1. The van der Waals surface area contributed by atoms with Crippen LogP contribution in [0.25, 0.3) is 0 Å². The Morgan fingerprint density at radius 2 is 2.23 bits per heavy atom. The van der Waals surface area contributed by atoms with Crippen molar-refractivity contribution in [3.05, 3.63) is 12.2 Å². The van der Waals surface area contributed by atoms with E-state index in [0.717, 1.165) is 11.4 Å². The van der Waals surface area contributed by atoms with Gasteiger partial charge in [0.05, 0.1) is 0 Å². The third kappa shape index (κ3) is 8.46. The third-order valence-electron chi connectivity index (χ3n) is 0.924. The van der Waals surface area contributed by atoms with E-state index in [0.29, 0.717) is 5.57 Å². The van der Waals surface area contributed by atoms with Crippen molar-refractivity contribution in [3.8, 4) is 0 Å². The molecule has 0 heterocycles. The molecule has 0 aliphatic heterocycles. The number of carbonyl (C=O) groups excluding carboxylic acids is 1. The molecule has 76 valence electrons. The molecule has 0 aliphatic carbocycles. The van der Waals surface area contributed by atoms with Crippen LogP contribution in [-0.2, 0) is 21.3 Å². The fraction of sp³-hybridized carbons (Fsp3) is 0.500. The minimum absolute atomic E-state index is 0.107. The molecule has 4 nitrogen and oxygen atoms in total. The second-order valence-electron chi connectivity index (χ2n) is 2.24. The molecular weight excluding hydrogens is 231 g/mol. The lowest BCUT2D eigenvalue weighted by atomic mass is 10.4. The highest BCUT2D eigenvalue weighted by molar-refractivity contribution is 8.67. The zero-order valence-electron chi connectivity index (χ0n) is 7.10. The minimum atomic E-state index is -3.21. The Hall–Kier alpha value is 0.130. The lowest BCUT2D eigenvalue weighted by molar-refractivity contribution is -0.138. The van der Waals surface area contributed by atoms with E-state index in [1.807, 2.05) is 0 Å². The molecule has 0 aromatic carbocycles. The van der Waals surface area contributed by atoms with Crippen LogP contribution in [0.5, 0.6) is 0 Å². The molecular formula is C6H11O4PS2. The van der Waals surface area contributed by atoms with Crippen LogP contribution in [0.4, 0.5) is 0 Å². The van der Waals surface area contributed by atoms with Crippen LogP contribution in [-0.4, -0.2) is 28.1 Å². The predicted molar refractivity (Wildman–Crippen MR) is 57.0 cm³/mol. The molecule has 0 spiro atoms. The average Bonchev–Trinajstić information content (AvgIpc) is 1.95. The van der Waals surface area contributed by atoms with Gasteiger partial charge in [0.15, 0.2) is 0 Å². The lowest BCUT2D eigenvalue weighted by Gasteiger charge is -2.06. The monoisotopic (exact) mass is 242 g/mol. The first kappa shape index (κ1) is 13.1. The maximum atomic E-state index is 10.8. The van der Waals surface area contributed by atoms with Crippen molar-refractivity contribution >= 4 is 34.9 Å². The Kier molecular flexibility index (Phi) is 5.83. The first-order chi connectivity index (χ1) is 5.83. The van der Waals surface area contributed by atoms with Gasteiger partial charge < -0.3 is 14.5 Å². The van der Waals surface area contributed by atoms with Gasteiger partial charge in [-0.25, -0.2) is 4.79 Å². The molecule has 0 saturated carbocycles. The van der Waals surface area contributed by atoms with Crippen LogP contribution in [0.15, 0.2) is 12.2 Å². The topological polar surface area (TPSA) is 66.8 Å². The molecule has 0 atom stereocenters. The van der Waals surface area contributed by atoms with Gasteiger partial charge in [-0.15, -0.1) is 0 Å². The summed E-state index contributed by atoms with van der Waals surface area (Å²) in [5.74, 6) is -0.201. The van der Waals surface area contributed by atoms with Crippen molar-refractivity contribution < 1.29 is 19.3 Å². The summed E-state index contributed by atoms with van der Waals surface area (Å²) in [7, 11) is 0. The molecule has 0 rings (SSSR count). The smallest absolute Gasteiger partial charge is 0.333 e. The van der Waals surface area contributed by atoms with Gasteiger partial charge in [-0.1, -0.05) is 18.0 Å². The van der Waals surface area contributed by atoms with Gasteiger partial charge in [0, 0.05) is 11.3 Å². The predicted octanol–water partition coefficient (Wildman–Crippen LogP) is 1.05. The molecule has 0 saturated heterocycles. The van der Waals surface area contributed by atoms with E-state index in [4.69, 9.17) is 9.79 Å². The molecule has 0 aromatic rings. The fourth-order valence-electron chi connectivity index (χ4n) is 0.414. The number of esters is 1. The summed E-state index contributed by atoms with van der Waals surface area (Å²) in [6, 6.07) is 0. The molecule has 0 bridgehead atoms. The standard InChI is InChI=1S/C6H11O4PS2/c1-5(2)6(7)10-3-4-13-11(8,9)12/h1,3-4H2,2H3,(H2,8,9,12). The summed E-state index contributed by atoms with van der Waals surface area (Å²) in [6.07, 6.45) is 0. The largest absolute Gasteiger partial charge is 0.461 e. The summed E-state index contributed by atoms with van der Waals surface area (Å²) in [6.45, 7) is 5.04. The second kappa shape index (κ2) is 5.78. The third-order valence-corrected chi connectivity index (χ3v) is 4.12. The Labute approximate surface area is 85.9 Å². The molecule has 0 amide bonds. The van der Waals surface area contributed by atoms with E-state index in [9.17, 15) is 4.79 Å². The lowest BCUT2D eigenvalue weighted by Crippen LogP contribution is -2.07. The fourth-order valence-corrected chi connectivity index (χ4v) is 2.42. The summed E-state index contributed by atoms with van der Waals surface area (Å²) < 4.78 is 4.69. The highest BCUT2D eigenvalue weighted by Gasteiger charge is 2.08. The number of hydrogen-bond acceptors (Lipinski definition) is 4. The van der Waals surface area contributed by atoms with E-state index >= 15 is 0 Å². The highest BCUT2D eigenvalue weighted by atomic mass is 32.9. The zero-order valence-corrected chi connectivity index (χ0v) is 9.62. The van der Waals surface area contributed by atoms with Gasteiger partial charge in [-0.3, -0.25) is 0 Å². The van der Waals surface area contributed by atoms with Gasteiger partial charge in [0.2, 0.25) is 5.69 Å². The number of ether oxygens (including phenoxy) is 1. The van der Waals surface area contributed by atoms with Crippen LogP contribution < -0.4 is 0 Å². The molecule has 2 N–H and O–H groups in total. The maximum Gasteiger partial charge on any atom is 0.333 e. The van der Waals surface area contributed by atoms with Crippen LogP contribution in [0.3, 0.4) is 0 Å². The van der Waals surface area contributed by atoms with Crippen molar-refractivity contribution in [3.63, 3.8) is 0 Å². The Morgan fingerprint density at radius 3 is 2.62 bits per heavy atom. The summed E-state index contributed by atoms with van der Waals surface area (Å²) in [4.78, 5) is 28.4. The maximum absolute atomic E-state index is 10.8. The van der Waals surface area contributed by atoms with Crippen molar-refractivity contribution in [2.75, 3.05) is 12.4 Å². The Bertz CT molecular complexity index is 247. The highest BCUT2D eigenvalue weighted by Crippen LogP contribution is 2.50. The molecule has 0 aromatic heterocycles. The number of rotatable bonds is 5. The van der Waals surface area contributed by atoms with Crippen LogP contribution >= 0.6 is 17.1 Å². The van der Waals surface area contributed by atoms with Crippen LogP contribution in [0, 0.1) is 0 Å². The Balaban J connectivity index is 3.53. The molecule has 0 aliphatic rings. The minimum Gasteiger partial charge on any atom is -0.461 e. The van der Waals surface area contributed by atoms with Crippen molar-refractivity contribution in [1.82, 2.24) is 0 Å². The second-order valence-corrected chi connectivity index (χ2v) is 8.41. The van der Waals surface area contributed by atoms with E-state index in [2.05, 4.69) is 23.1 Å². The summed E-state index contributed by atoms with van der Waals surface area (Å²) in [5.41, 5.74) is -2.90. The molecule has 13 heavy (non-hydrogen) atoms. The van der Waals surface area contributed by atoms with Gasteiger partial charge in [0.25, 0.3) is 0 Å². The molecule has 7 heteroatoms. The van der Waals surface area contributed by atoms with Gasteiger partial charge in [0.1, 0.15) is 6.61 Å². The van der Waals surface area contributed by atoms with Crippen molar-refractivity contribution in [2.45, 2.75) is 6.92 Å². The normalized spacial score (nSPS) is 11.0. The molecule has 0 radical (unpaired) electrons. The Morgan fingerprint density at radius 1 is 1.69 bits per heavy atom.